The first kappa shape index (κ1) is 16.1. The van der Waals surface area contributed by atoms with Crippen LogP contribution in [0.3, 0.4) is 0 Å². The van der Waals surface area contributed by atoms with E-state index in [0.717, 1.165) is 25.7 Å². The van der Waals surface area contributed by atoms with Crippen molar-refractivity contribution in [1.29, 1.82) is 0 Å². The molecule has 0 saturated heterocycles. The maximum absolute atomic E-state index is 12.4. The molecule has 2 N–H and O–H groups in total. The molecule has 110 valence electrons. The van der Waals surface area contributed by atoms with Gasteiger partial charge >= 0.3 is 5.97 Å². The van der Waals surface area contributed by atoms with Gasteiger partial charge in [0.2, 0.25) is 5.91 Å². The third-order valence-corrected chi connectivity index (χ3v) is 5.67. The minimum atomic E-state index is -1.20. The van der Waals surface area contributed by atoms with Crippen molar-refractivity contribution in [3.63, 3.8) is 0 Å². The van der Waals surface area contributed by atoms with Gasteiger partial charge in [-0.05, 0) is 18.8 Å². The van der Waals surface area contributed by atoms with Gasteiger partial charge in [-0.15, -0.1) is 0 Å². The van der Waals surface area contributed by atoms with Gasteiger partial charge in [0.1, 0.15) is 6.04 Å². The average molecular weight is 289 g/mol. The monoisotopic (exact) mass is 289 g/mol. The average Bonchev–Trinajstić information content (AvgIpc) is 2.37. The molecule has 0 aliphatic heterocycles. The Morgan fingerprint density at radius 1 is 1.37 bits per heavy atom. The van der Waals surface area contributed by atoms with E-state index in [2.05, 4.69) is 12.2 Å². The van der Waals surface area contributed by atoms with Crippen LogP contribution in [0.25, 0.3) is 0 Å². The zero-order valence-corrected chi connectivity index (χ0v) is 12.4. The molecule has 0 aromatic heterocycles. The van der Waals surface area contributed by atoms with Gasteiger partial charge in [0.05, 0.1) is 5.75 Å². The van der Waals surface area contributed by atoms with Crippen LogP contribution < -0.4 is 5.32 Å². The highest BCUT2D eigenvalue weighted by Gasteiger charge is 2.31. The van der Waals surface area contributed by atoms with Crippen LogP contribution in [0.15, 0.2) is 0 Å². The van der Waals surface area contributed by atoms with Gasteiger partial charge in [0, 0.05) is 23.0 Å². The van der Waals surface area contributed by atoms with Gasteiger partial charge in [0.15, 0.2) is 0 Å². The van der Waals surface area contributed by atoms with Crippen molar-refractivity contribution < 1.29 is 18.9 Å². The Morgan fingerprint density at radius 2 is 2.00 bits per heavy atom. The van der Waals surface area contributed by atoms with E-state index in [0.29, 0.717) is 5.92 Å². The van der Waals surface area contributed by atoms with Gasteiger partial charge in [-0.2, -0.15) is 0 Å². The summed E-state index contributed by atoms with van der Waals surface area (Å²) in [5, 5.41) is 11.5. The fourth-order valence-electron chi connectivity index (χ4n) is 2.69. The lowest BCUT2D eigenvalue weighted by Crippen LogP contribution is -2.45. The van der Waals surface area contributed by atoms with Crippen LogP contribution in [0.4, 0.5) is 0 Å². The van der Waals surface area contributed by atoms with Gasteiger partial charge in [-0.3, -0.25) is 9.00 Å². The lowest BCUT2D eigenvalue weighted by Gasteiger charge is -2.30. The van der Waals surface area contributed by atoms with E-state index in [1.807, 2.05) is 0 Å². The first-order chi connectivity index (χ1) is 8.95. The third-order valence-electron chi connectivity index (χ3n) is 3.71. The van der Waals surface area contributed by atoms with Crippen LogP contribution in [0.1, 0.15) is 46.0 Å². The molecule has 1 aliphatic carbocycles. The molecule has 0 radical (unpaired) electrons. The smallest absolute Gasteiger partial charge is 0.327 e. The number of carboxylic acids is 1. The van der Waals surface area contributed by atoms with Gasteiger partial charge < -0.3 is 10.4 Å². The highest BCUT2D eigenvalue weighted by molar-refractivity contribution is 7.85. The molecule has 1 saturated carbocycles. The first-order valence-electron chi connectivity index (χ1n) is 6.82. The molecule has 0 bridgehead atoms. The van der Waals surface area contributed by atoms with Gasteiger partial charge in [-0.1, -0.05) is 26.2 Å². The standard InChI is InChI=1S/C13H23NO4S/c1-3-10-6-4-5-7-12(10)19(18)8-11(13(16)17)14-9(2)15/h10-12H,3-8H2,1-2H3,(H,14,15)(H,16,17). The van der Waals surface area contributed by atoms with Crippen LogP contribution >= 0.6 is 0 Å². The fraction of sp³-hybridized carbons (Fsp3) is 0.846. The maximum atomic E-state index is 12.4. The molecule has 0 aromatic rings. The van der Waals surface area contributed by atoms with Gasteiger partial charge in [-0.25, -0.2) is 4.79 Å². The Balaban J connectivity index is 2.64. The Bertz CT molecular complexity index is 359. The van der Waals surface area contributed by atoms with E-state index in [1.54, 1.807) is 0 Å². The minimum absolute atomic E-state index is 0.0100. The molecular weight excluding hydrogens is 266 g/mol. The summed E-state index contributed by atoms with van der Waals surface area (Å²) in [4.78, 5) is 22.0. The van der Waals surface area contributed by atoms with Crippen molar-refractivity contribution in [2.75, 3.05) is 5.75 Å². The predicted octanol–water partition coefficient (Wildman–Crippen LogP) is 1.29. The summed E-state index contributed by atoms with van der Waals surface area (Å²) in [5.74, 6) is -1.09. The van der Waals surface area contributed by atoms with Gasteiger partial charge in [0.25, 0.3) is 0 Å². The van der Waals surface area contributed by atoms with E-state index in [4.69, 9.17) is 5.11 Å². The van der Waals surface area contributed by atoms with Crippen LogP contribution in [-0.4, -0.2) is 38.2 Å². The topological polar surface area (TPSA) is 83.5 Å². The molecule has 0 aromatic carbocycles. The highest BCUT2D eigenvalue weighted by Crippen LogP contribution is 2.30. The zero-order chi connectivity index (χ0) is 14.4. The normalized spacial score (nSPS) is 26.4. The summed E-state index contributed by atoms with van der Waals surface area (Å²) in [6, 6.07) is -1.04. The summed E-state index contributed by atoms with van der Waals surface area (Å²) < 4.78 is 12.4. The van der Waals surface area contributed by atoms with E-state index in [-0.39, 0.29) is 11.0 Å². The van der Waals surface area contributed by atoms with Crippen molar-refractivity contribution in [3.8, 4) is 0 Å². The number of amides is 1. The Labute approximate surface area is 116 Å². The van der Waals surface area contributed by atoms with E-state index in [9.17, 15) is 13.8 Å². The SMILES string of the molecule is CCC1CCCCC1S(=O)CC(NC(C)=O)C(=O)O. The summed E-state index contributed by atoms with van der Waals surface area (Å²) in [6.45, 7) is 3.36. The molecular formula is C13H23NO4S. The number of carbonyl (C=O) groups excluding carboxylic acids is 1. The Morgan fingerprint density at radius 3 is 2.53 bits per heavy atom. The Kier molecular flexibility index (Phi) is 6.48. The molecule has 4 unspecified atom stereocenters. The van der Waals surface area contributed by atoms with Crippen LogP contribution in [0, 0.1) is 5.92 Å². The molecule has 0 spiro atoms. The minimum Gasteiger partial charge on any atom is -0.480 e. The third kappa shape index (κ3) is 4.93. The van der Waals surface area contributed by atoms with Crippen LogP contribution in [0.2, 0.25) is 0 Å². The second kappa shape index (κ2) is 7.62. The van der Waals surface area contributed by atoms with Crippen molar-refractivity contribution in [2.45, 2.75) is 57.2 Å². The summed E-state index contributed by atoms with van der Waals surface area (Å²) in [5.41, 5.74) is 0. The molecule has 5 nitrogen and oxygen atoms in total. The van der Waals surface area contributed by atoms with E-state index < -0.39 is 28.7 Å². The van der Waals surface area contributed by atoms with Crippen LogP contribution in [-0.2, 0) is 20.4 Å². The number of aliphatic carboxylic acids is 1. The second-order valence-corrected chi connectivity index (χ2v) is 6.83. The molecule has 19 heavy (non-hydrogen) atoms. The van der Waals surface area contributed by atoms with Crippen LogP contribution in [0.5, 0.6) is 0 Å². The van der Waals surface area contributed by atoms with Crippen molar-refractivity contribution >= 4 is 22.7 Å². The van der Waals surface area contributed by atoms with E-state index in [1.165, 1.54) is 13.3 Å². The van der Waals surface area contributed by atoms with Crippen molar-refractivity contribution in [2.24, 2.45) is 5.92 Å². The molecule has 0 heterocycles. The molecule has 1 amide bonds. The lowest BCUT2D eigenvalue weighted by atomic mass is 9.87. The second-order valence-electron chi connectivity index (χ2n) is 5.13. The quantitative estimate of drug-likeness (QED) is 0.772. The first-order valence-corrected chi connectivity index (χ1v) is 8.21. The van der Waals surface area contributed by atoms with Crippen molar-refractivity contribution in [1.82, 2.24) is 5.32 Å². The summed E-state index contributed by atoms with van der Waals surface area (Å²) in [7, 11) is -1.20. The lowest BCUT2D eigenvalue weighted by molar-refractivity contribution is -0.140. The fourth-order valence-corrected chi connectivity index (χ4v) is 4.68. The number of carboxylic acid groups (broad SMARTS) is 1. The largest absolute Gasteiger partial charge is 0.480 e. The number of carbonyl (C=O) groups is 2. The number of rotatable bonds is 6. The Hall–Kier alpha value is -0.910. The summed E-state index contributed by atoms with van der Waals surface area (Å²) in [6.07, 6.45) is 5.18. The molecule has 6 heteroatoms. The molecule has 1 rings (SSSR count). The van der Waals surface area contributed by atoms with Crippen molar-refractivity contribution in [3.05, 3.63) is 0 Å². The van der Waals surface area contributed by atoms with E-state index >= 15 is 0 Å². The maximum Gasteiger partial charge on any atom is 0.327 e. The number of hydrogen-bond acceptors (Lipinski definition) is 3. The zero-order valence-electron chi connectivity index (χ0n) is 11.6. The highest BCUT2D eigenvalue weighted by atomic mass is 32.2. The molecule has 1 aliphatic rings. The molecule has 4 atom stereocenters. The predicted molar refractivity (Wildman–Crippen MR) is 74.3 cm³/mol. The number of nitrogens with one attached hydrogen (secondary N) is 1. The number of hydrogen-bond donors (Lipinski definition) is 2. The summed E-state index contributed by atoms with van der Waals surface area (Å²) >= 11 is 0. The molecule has 1 fully saturated rings.